The van der Waals surface area contributed by atoms with Gasteiger partial charge in [0.1, 0.15) is 0 Å². The van der Waals surface area contributed by atoms with Crippen LogP contribution in [0.4, 0.5) is 0 Å². The molecule has 172 valence electrons. The molecule has 0 bridgehead atoms. The first-order chi connectivity index (χ1) is 18.3. The van der Waals surface area contributed by atoms with Crippen LogP contribution in [0, 0.1) is 0 Å². The van der Waals surface area contributed by atoms with E-state index in [4.69, 9.17) is 4.98 Å². The van der Waals surface area contributed by atoms with E-state index in [1.165, 1.54) is 65.7 Å². The molecule has 1 nitrogen and oxygen atoms in total. The van der Waals surface area contributed by atoms with Crippen molar-refractivity contribution in [1.29, 1.82) is 0 Å². The first-order valence-electron chi connectivity index (χ1n) is 12.8. The van der Waals surface area contributed by atoms with Gasteiger partial charge in [-0.2, -0.15) is 0 Å². The molecule has 0 spiro atoms. The van der Waals surface area contributed by atoms with Gasteiger partial charge >= 0.3 is 0 Å². The Hall–Kier alpha value is -4.75. The highest BCUT2D eigenvalue weighted by Crippen LogP contribution is 2.40. The molecule has 0 unspecified atom stereocenters. The van der Waals surface area contributed by atoms with Crippen molar-refractivity contribution in [3.63, 3.8) is 0 Å². The van der Waals surface area contributed by atoms with E-state index >= 15 is 0 Å². The molecular weight excluding hydrogens is 446 g/mol. The molecule has 1 aliphatic rings. The van der Waals surface area contributed by atoms with Gasteiger partial charge in [-0.25, -0.2) is 0 Å². The zero-order valence-electron chi connectivity index (χ0n) is 20.3. The maximum absolute atomic E-state index is 4.77. The van der Waals surface area contributed by atoms with Gasteiger partial charge in [0.05, 0.1) is 5.69 Å². The molecule has 6 aromatic carbocycles. The van der Waals surface area contributed by atoms with Gasteiger partial charge < -0.3 is 0 Å². The smallest absolute Gasteiger partial charge is 0.0708 e. The maximum atomic E-state index is 4.77. The fourth-order valence-electron chi connectivity index (χ4n) is 6.14. The molecule has 0 atom stereocenters. The number of nitrogens with zero attached hydrogens (tertiary/aromatic N) is 1. The molecule has 1 aromatic heterocycles. The minimum atomic E-state index is 1.01. The van der Waals surface area contributed by atoms with Crippen molar-refractivity contribution in [2.75, 3.05) is 0 Å². The van der Waals surface area contributed by atoms with Crippen LogP contribution in [-0.4, -0.2) is 4.98 Å². The summed E-state index contributed by atoms with van der Waals surface area (Å²) < 4.78 is 0. The van der Waals surface area contributed by atoms with Crippen LogP contribution >= 0.6 is 0 Å². The van der Waals surface area contributed by atoms with E-state index in [0.29, 0.717) is 0 Å². The number of aromatic nitrogens is 1. The quantitative estimate of drug-likeness (QED) is 0.230. The molecule has 8 rings (SSSR count). The summed E-state index contributed by atoms with van der Waals surface area (Å²) >= 11 is 0. The summed E-state index contributed by atoms with van der Waals surface area (Å²) in [5, 5.41) is 7.80. The predicted molar refractivity (Wildman–Crippen MR) is 156 cm³/mol. The number of hydrogen-bond acceptors (Lipinski definition) is 1. The van der Waals surface area contributed by atoms with Gasteiger partial charge in [-0.05, 0) is 96.4 Å². The van der Waals surface area contributed by atoms with E-state index in [2.05, 4.69) is 121 Å². The van der Waals surface area contributed by atoms with Crippen LogP contribution in [0.15, 0.2) is 128 Å². The molecule has 1 heterocycles. The van der Waals surface area contributed by atoms with E-state index < -0.39 is 0 Å². The van der Waals surface area contributed by atoms with Crippen LogP contribution in [0.5, 0.6) is 0 Å². The first kappa shape index (κ1) is 20.4. The van der Waals surface area contributed by atoms with Crippen molar-refractivity contribution in [2.45, 2.75) is 6.42 Å². The molecule has 0 saturated heterocycles. The second kappa shape index (κ2) is 7.88. The SMILES string of the molecule is c1ccc2c(c1)Cc1ccc(-c3cc(-c4ccc5c6ccccc6c6ccccc6c5c4)ccn3)cc1-2. The molecule has 1 heteroatoms. The lowest BCUT2D eigenvalue weighted by atomic mass is 9.92. The van der Waals surface area contributed by atoms with Crippen molar-refractivity contribution in [1.82, 2.24) is 4.98 Å². The Morgan fingerprint density at radius 2 is 1.00 bits per heavy atom. The largest absolute Gasteiger partial charge is 0.256 e. The van der Waals surface area contributed by atoms with Crippen LogP contribution in [0.1, 0.15) is 11.1 Å². The standard InChI is InChI=1S/C36H23N/c1-2-8-28-25(7-1)19-26-13-14-27(21-34(26)28)36-22-24(17-18-37-36)23-15-16-33-31-11-4-3-9-29(31)30-10-5-6-12-32(30)35(33)20-23/h1-18,20-22H,19H2. The minimum absolute atomic E-state index is 1.01. The number of benzene rings is 6. The third kappa shape index (κ3) is 3.14. The Kier molecular flexibility index (Phi) is 4.35. The lowest BCUT2D eigenvalue weighted by Gasteiger charge is -2.12. The fourth-order valence-corrected chi connectivity index (χ4v) is 6.14. The molecule has 0 aliphatic heterocycles. The summed E-state index contributed by atoms with van der Waals surface area (Å²) in [5.41, 5.74) is 10.1. The average Bonchev–Trinajstić information content (AvgIpc) is 3.35. The van der Waals surface area contributed by atoms with Crippen LogP contribution in [0.2, 0.25) is 0 Å². The van der Waals surface area contributed by atoms with Crippen molar-refractivity contribution >= 4 is 32.3 Å². The van der Waals surface area contributed by atoms with Crippen molar-refractivity contribution in [3.05, 3.63) is 139 Å². The summed E-state index contributed by atoms with van der Waals surface area (Å²) in [6.07, 6.45) is 2.95. The van der Waals surface area contributed by atoms with Gasteiger partial charge in [0.15, 0.2) is 0 Å². The normalized spacial score (nSPS) is 12.2. The Labute approximate surface area is 215 Å². The monoisotopic (exact) mass is 469 g/mol. The summed E-state index contributed by atoms with van der Waals surface area (Å²) in [5.74, 6) is 0. The Morgan fingerprint density at radius 3 is 1.78 bits per heavy atom. The van der Waals surface area contributed by atoms with Gasteiger partial charge in [-0.1, -0.05) is 97.1 Å². The predicted octanol–water partition coefficient (Wildman–Crippen LogP) is 9.45. The molecule has 0 N–H and O–H groups in total. The second-order valence-electron chi connectivity index (χ2n) is 9.99. The average molecular weight is 470 g/mol. The van der Waals surface area contributed by atoms with E-state index in [1.807, 2.05) is 6.20 Å². The summed E-state index contributed by atoms with van der Waals surface area (Å²) in [6, 6.07) is 44.3. The molecule has 0 saturated carbocycles. The van der Waals surface area contributed by atoms with Crippen molar-refractivity contribution < 1.29 is 0 Å². The number of pyridine rings is 1. The highest BCUT2D eigenvalue weighted by atomic mass is 14.7. The second-order valence-corrected chi connectivity index (χ2v) is 9.99. The molecule has 37 heavy (non-hydrogen) atoms. The van der Waals surface area contributed by atoms with E-state index in [9.17, 15) is 0 Å². The van der Waals surface area contributed by atoms with Crippen molar-refractivity contribution in [2.24, 2.45) is 0 Å². The van der Waals surface area contributed by atoms with Gasteiger partial charge in [0, 0.05) is 11.8 Å². The lowest BCUT2D eigenvalue weighted by Crippen LogP contribution is -1.88. The van der Waals surface area contributed by atoms with Gasteiger partial charge in [0.2, 0.25) is 0 Å². The fraction of sp³-hybridized carbons (Fsp3) is 0.0278. The highest BCUT2D eigenvalue weighted by Gasteiger charge is 2.18. The molecular formula is C36H23N. The summed E-state index contributed by atoms with van der Waals surface area (Å²) in [6.45, 7) is 0. The zero-order valence-corrected chi connectivity index (χ0v) is 20.3. The molecule has 0 radical (unpaired) electrons. The van der Waals surface area contributed by atoms with Gasteiger partial charge in [-0.15, -0.1) is 0 Å². The molecule has 7 aromatic rings. The van der Waals surface area contributed by atoms with E-state index in [-0.39, 0.29) is 0 Å². The Bertz CT molecular complexity index is 1980. The lowest BCUT2D eigenvalue weighted by molar-refractivity contribution is 1.26. The van der Waals surface area contributed by atoms with E-state index in [0.717, 1.165) is 17.7 Å². The van der Waals surface area contributed by atoms with Crippen LogP contribution < -0.4 is 0 Å². The van der Waals surface area contributed by atoms with E-state index in [1.54, 1.807) is 0 Å². The Morgan fingerprint density at radius 1 is 0.405 bits per heavy atom. The molecule has 0 amide bonds. The third-order valence-electron chi connectivity index (χ3n) is 7.93. The topological polar surface area (TPSA) is 12.9 Å². The number of fused-ring (bicyclic) bond motifs is 9. The van der Waals surface area contributed by atoms with Gasteiger partial charge in [-0.3, -0.25) is 4.98 Å². The van der Waals surface area contributed by atoms with Crippen LogP contribution in [0.25, 0.3) is 65.8 Å². The number of hydrogen-bond donors (Lipinski definition) is 0. The molecule has 0 fully saturated rings. The Balaban J connectivity index is 1.28. The number of rotatable bonds is 2. The summed E-state index contributed by atoms with van der Waals surface area (Å²) in [7, 11) is 0. The maximum Gasteiger partial charge on any atom is 0.0708 e. The van der Waals surface area contributed by atoms with Crippen LogP contribution in [0.3, 0.4) is 0 Å². The zero-order chi connectivity index (χ0) is 24.3. The van der Waals surface area contributed by atoms with Crippen molar-refractivity contribution in [3.8, 4) is 33.5 Å². The molecule has 1 aliphatic carbocycles. The minimum Gasteiger partial charge on any atom is -0.256 e. The highest BCUT2D eigenvalue weighted by molar-refractivity contribution is 6.25. The summed E-state index contributed by atoms with van der Waals surface area (Å²) in [4.78, 5) is 4.77. The third-order valence-corrected chi connectivity index (χ3v) is 7.93. The first-order valence-corrected chi connectivity index (χ1v) is 12.8. The van der Waals surface area contributed by atoms with Gasteiger partial charge in [0.25, 0.3) is 0 Å². The van der Waals surface area contributed by atoms with Crippen LogP contribution in [-0.2, 0) is 6.42 Å².